The average molecular weight is 327 g/mol. The Hall–Kier alpha value is -2.11. The van der Waals surface area contributed by atoms with Crippen LogP contribution in [0.5, 0.6) is 11.5 Å². The van der Waals surface area contributed by atoms with Crippen LogP contribution in [0.15, 0.2) is 56.6 Å². The van der Waals surface area contributed by atoms with E-state index in [-0.39, 0.29) is 11.5 Å². The summed E-state index contributed by atoms with van der Waals surface area (Å²) in [5, 5.41) is 19.9. The van der Waals surface area contributed by atoms with Crippen molar-refractivity contribution in [3.05, 3.63) is 66.6 Å². The van der Waals surface area contributed by atoms with Gasteiger partial charge in [0.25, 0.3) is 0 Å². The maximum atomic E-state index is 9.67. The Labute approximate surface area is 128 Å². The standard InChI is InChI=1S/2C7H6NO.C2H4.Co/c2*8-5-6-3-1-2-4-7(6)9;1-2;/h2*1-5,9H;1-2H2;/q2*-1;;+2. The van der Waals surface area contributed by atoms with Crippen molar-refractivity contribution < 1.29 is 24.3 Å². The number of phenols is 2. The quantitative estimate of drug-likeness (QED) is 0.827. The third-order valence-corrected chi connectivity index (χ3v) is 3.94. The van der Waals surface area contributed by atoms with Crippen LogP contribution < -0.4 is 0 Å². The van der Waals surface area contributed by atoms with E-state index in [9.17, 15) is 10.2 Å². The van der Waals surface area contributed by atoms with Crippen LogP contribution in [0, 0.1) is 6.92 Å². The fourth-order valence-electron chi connectivity index (χ4n) is 1.49. The van der Waals surface area contributed by atoms with Gasteiger partial charge < -0.3 is 0 Å². The Balaban J connectivity index is 2.11. The second-order valence-corrected chi connectivity index (χ2v) is 5.92. The minimum absolute atomic E-state index is 0.185. The van der Waals surface area contributed by atoms with Gasteiger partial charge in [0.05, 0.1) is 0 Å². The van der Waals surface area contributed by atoms with Crippen molar-refractivity contribution in [3.8, 4) is 11.5 Å². The molecule has 0 unspecified atom stereocenters. The molecule has 0 spiro atoms. The minimum atomic E-state index is -1.00. The van der Waals surface area contributed by atoms with Gasteiger partial charge in [-0.1, -0.05) is 0 Å². The first-order chi connectivity index (χ1) is 10.2. The summed E-state index contributed by atoms with van der Waals surface area (Å²) >= 11 is -1.00. The van der Waals surface area contributed by atoms with Crippen molar-refractivity contribution in [2.45, 2.75) is 5.36 Å². The predicted molar refractivity (Wildman–Crippen MR) is 81.6 cm³/mol. The van der Waals surface area contributed by atoms with Crippen LogP contribution in [0.1, 0.15) is 11.1 Å². The summed E-state index contributed by atoms with van der Waals surface area (Å²) in [6, 6.07) is 14.0. The van der Waals surface area contributed by atoms with Crippen molar-refractivity contribution in [2.75, 3.05) is 0 Å². The molecule has 2 N–H and O–H groups in total. The van der Waals surface area contributed by atoms with Crippen molar-refractivity contribution in [3.63, 3.8) is 0 Å². The van der Waals surface area contributed by atoms with E-state index in [1.165, 1.54) is 0 Å². The van der Waals surface area contributed by atoms with E-state index in [4.69, 9.17) is 0 Å². The van der Waals surface area contributed by atoms with Crippen LogP contribution >= 0.6 is 0 Å². The zero-order chi connectivity index (χ0) is 15.1. The summed E-state index contributed by atoms with van der Waals surface area (Å²) in [5.74, 6) is 0.370. The number of phenolic OH excluding ortho intramolecular Hbond substituents is 2. The SMILES string of the molecule is [CH2][CH2][Co]([N]=Cc1ccccc1O)[N]=Cc1ccccc1O. The van der Waals surface area contributed by atoms with E-state index in [1.54, 1.807) is 48.8 Å². The van der Waals surface area contributed by atoms with Crippen LogP contribution in [0.2, 0.25) is 5.36 Å². The topological polar surface area (TPSA) is 65.2 Å². The Bertz CT molecular complexity index is 601. The Morgan fingerprint density at radius 3 is 1.67 bits per heavy atom. The van der Waals surface area contributed by atoms with E-state index in [1.807, 2.05) is 12.1 Å². The van der Waals surface area contributed by atoms with Gasteiger partial charge in [-0.15, -0.1) is 0 Å². The van der Waals surface area contributed by atoms with Crippen LogP contribution in [0.3, 0.4) is 0 Å². The van der Waals surface area contributed by atoms with E-state index in [0.29, 0.717) is 16.5 Å². The Morgan fingerprint density at radius 2 is 1.29 bits per heavy atom. The molecule has 0 atom stereocenters. The Kier molecular flexibility index (Phi) is 5.54. The van der Waals surface area contributed by atoms with Gasteiger partial charge in [-0.3, -0.25) is 0 Å². The number of rotatable bonds is 5. The molecule has 2 rings (SSSR count). The molecule has 0 aliphatic carbocycles. The fraction of sp³-hybridized carbons (Fsp3) is 0.0625. The second-order valence-electron chi connectivity index (χ2n) is 3.99. The van der Waals surface area contributed by atoms with Crippen LogP contribution in [0.25, 0.3) is 0 Å². The van der Waals surface area contributed by atoms with Gasteiger partial charge in [-0.2, -0.15) is 0 Å². The summed E-state index contributed by atoms with van der Waals surface area (Å²) in [7, 11) is 0. The molecule has 0 saturated carbocycles. The van der Waals surface area contributed by atoms with Crippen LogP contribution in [0.4, 0.5) is 0 Å². The number of hydrogen-bond acceptors (Lipinski definition) is 4. The fourth-order valence-corrected chi connectivity index (χ4v) is 2.43. The van der Waals surface area contributed by atoms with E-state index in [2.05, 4.69) is 15.0 Å². The molecule has 0 aliphatic heterocycles. The molecule has 111 valence electrons. The third-order valence-electron chi connectivity index (χ3n) is 2.59. The first kappa shape index (κ1) is 15.3. The van der Waals surface area contributed by atoms with E-state index in [0.717, 1.165) is 0 Å². The number of nitrogens with zero attached hydrogens (tertiary/aromatic N) is 2. The zero-order valence-corrected chi connectivity index (χ0v) is 12.4. The number of hydrogen-bond donors (Lipinski definition) is 2. The summed E-state index contributed by atoms with van der Waals surface area (Å²) in [6.45, 7) is 3.83. The normalized spacial score (nSPS) is 12.1. The van der Waals surface area contributed by atoms with Crippen LogP contribution in [-0.2, 0) is 14.1 Å². The number of benzene rings is 2. The molecule has 5 heteroatoms. The molecule has 21 heavy (non-hydrogen) atoms. The van der Waals surface area contributed by atoms with Crippen molar-refractivity contribution in [1.29, 1.82) is 0 Å². The first-order valence-electron chi connectivity index (χ1n) is 6.23. The Morgan fingerprint density at radius 1 is 0.857 bits per heavy atom. The van der Waals surface area contributed by atoms with Gasteiger partial charge in [0.1, 0.15) is 0 Å². The molecule has 0 aromatic heterocycles. The third kappa shape index (κ3) is 4.44. The summed E-state index contributed by atoms with van der Waals surface area (Å²) in [5.41, 5.74) is 1.30. The molecule has 0 aliphatic rings. The molecule has 2 aromatic rings. The predicted octanol–water partition coefficient (Wildman–Crippen LogP) is 3.34. The van der Waals surface area contributed by atoms with Crippen molar-refractivity contribution in [1.82, 2.24) is 0 Å². The van der Waals surface area contributed by atoms with Gasteiger partial charge in [0.2, 0.25) is 0 Å². The van der Waals surface area contributed by atoms with Gasteiger partial charge in [-0.05, 0) is 0 Å². The molecule has 0 saturated heterocycles. The van der Waals surface area contributed by atoms with Crippen molar-refractivity contribution in [2.24, 2.45) is 8.08 Å². The average Bonchev–Trinajstić information content (AvgIpc) is 2.50. The van der Waals surface area contributed by atoms with Gasteiger partial charge in [0, 0.05) is 0 Å². The number of aromatic hydroxyl groups is 2. The molecular weight excluding hydrogens is 311 g/mol. The van der Waals surface area contributed by atoms with Crippen LogP contribution in [-0.4, -0.2) is 22.6 Å². The van der Waals surface area contributed by atoms with Crippen molar-refractivity contribution >= 4 is 12.4 Å². The monoisotopic (exact) mass is 327 g/mol. The summed E-state index contributed by atoms with van der Waals surface area (Å²) in [6.07, 6.45) is 3.21. The van der Waals surface area contributed by atoms with E-state index < -0.39 is 14.1 Å². The molecule has 0 fully saturated rings. The molecule has 0 amide bonds. The van der Waals surface area contributed by atoms with E-state index >= 15 is 0 Å². The second kappa shape index (κ2) is 7.61. The molecule has 2 aromatic carbocycles. The molecule has 0 heterocycles. The van der Waals surface area contributed by atoms with Gasteiger partial charge in [-0.25, -0.2) is 0 Å². The van der Waals surface area contributed by atoms with Gasteiger partial charge >= 0.3 is 128 Å². The summed E-state index contributed by atoms with van der Waals surface area (Å²) < 4.78 is 8.71. The maximum absolute atomic E-state index is 9.67. The molecular formula is C16H16CoN2O2. The zero-order valence-electron chi connectivity index (χ0n) is 11.3. The molecule has 4 nitrogen and oxygen atoms in total. The van der Waals surface area contributed by atoms with Gasteiger partial charge in [0.15, 0.2) is 0 Å². The number of para-hydroxylation sites is 2. The molecule has 0 bridgehead atoms. The molecule has 1 radical (unpaired) electrons. The summed E-state index contributed by atoms with van der Waals surface area (Å²) in [4.78, 5) is 0. The first-order valence-corrected chi connectivity index (χ1v) is 7.90.